The van der Waals surface area contributed by atoms with E-state index in [-0.39, 0.29) is 18.4 Å². The number of methoxy groups -OCH3 is 2. The molecule has 0 aromatic heterocycles. The Kier molecular flexibility index (Phi) is 5.18. The Morgan fingerprint density at radius 3 is 2.61 bits per heavy atom. The summed E-state index contributed by atoms with van der Waals surface area (Å²) in [6.07, 6.45) is 0. The molecule has 0 bridgehead atoms. The summed E-state index contributed by atoms with van der Waals surface area (Å²) in [5.41, 5.74) is 0.929. The van der Waals surface area contributed by atoms with Crippen LogP contribution < -0.4 is 24.4 Å². The van der Waals surface area contributed by atoms with Crippen molar-refractivity contribution in [3.05, 3.63) is 42.0 Å². The highest BCUT2D eigenvalue weighted by atomic mass is 16.5. The minimum atomic E-state index is -0.634. The number of nitrogens with one attached hydrogen (secondary N) is 1. The van der Waals surface area contributed by atoms with Gasteiger partial charge in [-0.3, -0.25) is 9.59 Å². The molecule has 28 heavy (non-hydrogen) atoms. The van der Waals surface area contributed by atoms with E-state index in [2.05, 4.69) is 5.32 Å². The lowest BCUT2D eigenvalue weighted by Gasteiger charge is -2.24. The number of anilines is 2. The van der Waals surface area contributed by atoms with Gasteiger partial charge in [0.2, 0.25) is 5.91 Å². The van der Waals surface area contributed by atoms with Gasteiger partial charge in [0, 0.05) is 18.8 Å². The van der Waals surface area contributed by atoms with Gasteiger partial charge >= 0.3 is 0 Å². The highest BCUT2D eigenvalue weighted by molar-refractivity contribution is 6.07. The zero-order valence-corrected chi connectivity index (χ0v) is 16.7. The fraction of sp³-hybridized carbons (Fsp3) is 0.333. The molecular formula is C21H24N2O5. The van der Waals surface area contributed by atoms with Gasteiger partial charge in [0.1, 0.15) is 12.4 Å². The van der Waals surface area contributed by atoms with Gasteiger partial charge in [-0.2, -0.15) is 0 Å². The van der Waals surface area contributed by atoms with E-state index in [1.807, 2.05) is 13.8 Å². The number of hydrogen-bond donors (Lipinski definition) is 1. The molecule has 0 fully saturated rings. The van der Waals surface area contributed by atoms with Crippen molar-refractivity contribution < 1.29 is 23.8 Å². The standard InChI is InChI=1S/C21H24N2O5/c1-21(2)12-28-17-11-13(9-10-15(17)23(3)20(21)25)22-19(24)14-7-6-8-16(26-4)18(14)27-5/h6-11H,12H2,1-5H3,(H,22,24). The van der Waals surface area contributed by atoms with Crippen LogP contribution in [0.25, 0.3) is 0 Å². The van der Waals surface area contributed by atoms with Crippen LogP contribution >= 0.6 is 0 Å². The predicted molar refractivity (Wildman–Crippen MR) is 107 cm³/mol. The van der Waals surface area contributed by atoms with Gasteiger partial charge < -0.3 is 24.4 Å². The third-order valence-corrected chi connectivity index (χ3v) is 4.70. The molecule has 1 aliphatic rings. The van der Waals surface area contributed by atoms with E-state index in [4.69, 9.17) is 14.2 Å². The Hall–Kier alpha value is -3.22. The quantitative estimate of drug-likeness (QED) is 0.875. The van der Waals surface area contributed by atoms with Crippen molar-refractivity contribution in [1.29, 1.82) is 0 Å². The number of nitrogens with zero attached hydrogens (tertiary/aromatic N) is 1. The summed E-state index contributed by atoms with van der Waals surface area (Å²) < 4.78 is 16.4. The lowest BCUT2D eigenvalue weighted by Crippen LogP contribution is -2.39. The maximum Gasteiger partial charge on any atom is 0.259 e. The Balaban J connectivity index is 1.89. The number of fused-ring (bicyclic) bond motifs is 1. The molecule has 7 heteroatoms. The van der Waals surface area contributed by atoms with Crippen molar-refractivity contribution in [2.45, 2.75) is 13.8 Å². The molecule has 1 aliphatic heterocycles. The Morgan fingerprint density at radius 2 is 1.93 bits per heavy atom. The van der Waals surface area contributed by atoms with Crippen molar-refractivity contribution in [1.82, 2.24) is 0 Å². The summed E-state index contributed by atoms with van der Waals surface area (Å²) in [6.45, 7) is 3.94. The highest BCUT2D eigenvalue weighted by Crippen LogP contribution is 2.38. The van der Waals surface area contributed by atoms with Crippen LogP contribution in [0.1, 0.15) is 24.2 Å². The number of hydrogen-bond acceptors (Lipinski definition) is 5. The largest absolute Gasteiger partial charge is 0.493 e. The monoisotopic (exact) mass is 384 g/mol. The van der Waals surface area contributed by atoms with Crippen molar-refractivity contribution in [2.75, 3.05) is 38.1 Å². The summed E-state index contributed by atoms with van der Waals surface area (Å²) in [5.74, 6) is 1.01. The zero-order valence-electron chi connectivity index (χ0n) is 16.7. The minimum absolute atomic E-state index is 0.0239. The topological polar surface area (TPSA) is 77.1 Å². The fourth-order valence-corrected chi connectivity index (χ4v) is 3.13. The van der Waals surface area contributed by atoms with E-state index < -0.39 is 5.41 Å². The maximum absolute atomic E-state index is 12.8. The molecule has 7 nitrogen and oxygen atoms in total. The van der Waals surface area contributed by atoms with Crippen LogP contribution in [-0.2, 0) is 4.79 Å². The van der Waals surface area contributed by atoms with Crippen LogP contribution in [0.2, 0.25) is 0 Å². The second-order valence-electron chi connectivity index (χ2n) is 7.21. The SMILES string of the molecule is COc1cccc(C(=O)Nc2ccc3c(c2)OCC(C)(C)C(=O)N3C)c1OC. The molecular weight excluding hydrogens is 360 g/mol. The molecule has 0 spiro atoms. The van der Waals surface area contributed by atoms with Crippen LogP contribution in [0.5, 0.6) is 17.2 Å². The normalized spacial score (nSPS) is 15.2. The third kappa shape index (κ3) is 3.47. The maximum atomic E-state index is 12.8. The number of carbonyl (C=O) groups is 2. The molecule has 1 heterocycles. The summed E-state index contributed by atoms with van der Waals surface area (Å²) >= 11 is 0. The molecule has 2 amide bonds. The molecule has 0 atom stereocenters. The van der Waals surface area contributed by atoms with E-state index in [0.29, 0.717) is 34.2 Å². The fourth-order valence-electron chi connectivity index (χ4n) is 3.13. The first-order chi connectivity index (χ1) is 13.3. The van der Waals surface area contributed by atoms with Gasteiger partial charge in [-0.15, -0.1) is 0 Å². The van der Waals surface area contributed by atoms with Gasteiger partial charge in [0.25, 0.3) is 5.91 Å². The summed E-state index contributed by atoms with van der Waals surface area (Å²) in [4.78, 5) is 26.9. The average molecular weight is 384 g/mol. The van der Waals surface area contributed by atoms with Gasteiger partial charge in [0.05, 0.1) is 30.9 Å². The smallest absolute Gasteiger partial charge is 0.259 e. The first kappa shape index (κ1) is 19.5. The molecule has 2 aromatic rings. The number of amides is 2. The van der Waals surface area contributed by atoms with E-state index in [1.165, 1.54) is 14.2 Å². The third-order valence-electron chi connectivity index (χ3n) is 4.70. The lowest BCUT2D eigenvalue weighted by molar-refractivity contribution is -0.127. The van der Waals surface area contributed by atoms with Crippen molar-refractivity contribution in [3.8, 4) is 17.2 Å². The van der Waals surface area contributed by atoms with E-state index in [9.17, 15) is 9.59 Å². The number of rotatable bonds is 4. The molecule has 0 unspecified atom stereocenters. The van der Waals surface area contributed by atoms with Crippen LogP contribution in [0.4, 0.5) is 11.4 Å². The van der Waals surface area contributed by atoms with Gasteiger partial charge in [-0.05, 0) is 38.1 Å². The van der Waals surface area contributed by atoms with Gasteiger partial charge in [-0.1, -0.05) is 6.07 Å². The van der Waals surface area contributed by atoms with Crippen molar-refractivity contribution in [2.24, 2.45) is 5.41 Å². The molecule has 0 saturated heterocycles. The molecule has 0 radical (unpaired) electrons. The number of para-hydroxylation sites is 1. The average Bonchev–Trinajstić information content (AvgIpc) is 2.77. The Labute approximate surface area is 164 Å². The summed E-state index contributed by atoms with van der Waals surface area (Å²) in [5, 5.41) is 2.84. The van der Waals surface area contributed by atoms with Gasteiger partial charge in [-0.25, -0.2) is 0 Å². The second-order valence-corrected chi connectivity index (χ2v) is 7.21. The van der Waals surface area contributed by atoms with Crippen LogP contribution in [-0.4, -0.2) is 39.7 Å². The Morgan fingerprint density at radius 1 is 1.18 bits per heavy atom. The number of ether oxygens (including phenoxy) is 3. The van der Waals surface area contributed by atoms with E-state index >= 15 is 0 Å². The van der Waals surface area contributed by atoms with Crippen LogP contribution in [0.15, 0.2) is 36.4 Å². The molecule has 0 aliphatic carbocycles. The van der Waals surface area contributed by atoms with Crippen LogP contribution in [0.3, 0.4) is 0 Å². The van der Waals surface area contributed by atoms with Crippen molar-refractivity contribution >= 4 is 23.2 Å². The summed E-state index contributed by atoms with van der Waals surface area (Å²) in [6, 6.07) is 10.3. The van der Waals surface area contributed by atoms with Crippen molar-refractivity contribution in [3.63, 3.8) is 0 Å². The first-order valence-electron chi connectivity index (χ1n) is 8.86. The molecule has 1 N–H and O–H groups in total. The minimum Gasteiger partial charge on any atom is -0.493 e. The van der Waals surface area contributed by atoms with Gasteiger partial charge in [0.15, 0.2) is 11.5 Å². The molecule has 148 valence electrons. The number of carbonyl (C=O) groups excluding carboxylic acids is 2. The summed E-state index contributed by atoms with van der Waals surface area (Å²) in [7, 11) is 4.72. The van der Waals surface area contributed by atoms with E-state index in [1.54, 1.807) is 48.3 Å². The Bertz CT molecular complexity index is 923. The first-order valence-corrected chi connectivity index (χ1v) is 8.86. The molecule has 3 rings (SSSR count). The van der Waals surface area contributed by atoms with E-state index in [0.717, 1.165) is 0 Å². The predicted octanol–water partition coefficient (Wildman–Crippen LogP) is 3.34. The molecule has 2 aromatic carbocycles. The van der Waals surface area contributed by atoms with Crippen LogP contribution in [0, 0.1) is 5.41 Å². The lowest BCUT2D eigenvalue weighted by atomic mass is 9.93. The number of benzene rings is 2. The second kappa shape index (κ2) is 7.42. The highest BCUT2D eigenvalue weighted by Gasteiger charge is 2.36. The molecule has 0 saturated carbocycles. The zero-order chi connectivity index (χ0) is 20.5.